The summed E-state index contributed by atoms with van der Waals surface area (Å²) in [6.45, 7) is 2.51. The Bertz CT molecular complexity index is 998. The lowest BCUT2D eigenvalue weighted by Gasteiger charge is -2.36. The Morgan fingerprint density at radius 1 is 1.12 bits per heavy atom. The van der Waals surface area contributed by atoms with Gasteiger partial charge in [-0.15, -0.1) is 12.4 Å². The largest absolute Gasteiger partial charge is 0.480 e. The summed E-state index contributed by atoms with van der Waals surface area (Å²) in [5.41, 5.74) is 0.730. The lowest BCUT2D eigenvalue weighted by Crippen LogP contribution is -2.60. The van der Waals surface area contributed by atoms with Crippen LogP contribution in [0.1, 0.15) is 44.1 Å². The molecule has 1 aromatic carbocycles. The van der Waals surface area contributed by atoms with Crippen LogP contribution in [0.25, 0.3) is 0 Å². The number of nitrogens with zero attached hydrogens (tertiary/aromatic N) is 3. The Kier molecular flexibility index (Phi) is 13.7. The minimum atomic E-state index is -1.31. The SMILES string of the molecule is CN(C(=O)[C@H](C=NN)C(NC(=O)N[C@@H](Cc1ccccc1)C(=O)O)C(=O)N1CCCCCC1)[C@H]1CCCNC1.Cl. The van der Waals surface area contributed by atoms with E-state index in [1.54, 1.807) is 41.1 Å². The van der Waals surface area contributed by atoms with Crippen molar-refractivity contribution in [3.05, 3.63) is 35.9 Å². The molecule has 40 heavy (non-hydrogen) atoms. The van der Waals surface area contributed by atoms with Crippen molar-refractivity contribution in [2.45, 2.75) is 63.1 Å². The molecule has 0 bridgehead atoms. The number of amides is 4. The quantitative estimate of drug-likeness (QED) is 0.156. The Labute approximate surface area is 241 Å². The van der Waals surface area contributed by atoms with Gasteiger partial charge >= 0.3 is 12.0 Å². The summed E-state index contributed by atoms with van der Waals surface area (Å²) in [5, 5.41) is 21.7. The van der Waals surface area contributed by atoms with Gasteiger partial charge in [0.25, 0.3) is 0 Å². The number of hydrazone groups is 1. The normalized spacial score (nSPS) is 19.8. The van der Waals surface area contributed by atoms with E-state index in [4.69, 9.17) is 5.84 Å². The molecule has 2 saturated heterocycles. The highest BCUT2D eigenvalue weighted by Gasteiger charge is 2.40. The topological polar surface area (TPSA) is 169 Å². The highest BCUT2D eigenvalue weighted by Crippen LogP contribution is 2.18. The molecule has 6 N–H and O–H groups in total. The van der Waals surface area contributed by atoms with Gasteiger partial charge in [0.15, 0.2) is 0 Å². The van der Waals surface area contributed by atoms with Crippen LogP contribution in [0.2, 0.25) is 0 Å². The second-order valence-electron chi connectivity index (χ2n) is 10.2. The number of nitrogens with two attached hydrogens (primary N) is 1. The fourth-order valence-electron chi connectivity index (χ4n) is 5.15. The maximum Gasteiger partial charge on any atom is 0.326 e. The number of urea groups is 1. The van der Waals surface area contributed by atoms with Crippen molar-refractivity contribution in [2.75, 3.05) is 33.2 Å². The van der Waals surface area contributed by atoms with E-state index in [0.717, 1.165) is 50.6 Å². The van der Waals surface area contributed by atoms with Crippen LogP contribution in [0.5, 0.6) is 0 Å². The fraction of sp³-hybridized carbons (Fsp3) is 0.593. The number of carbonyl (C=O) groups is 4. The molecule has 0 saturated carbocycles. The van der Waals surface area contributed by atoms with Crippen LogP contribution in [0, 0.1) is 5.92 Å². The molecular weight excluding hydrogens is 538 g/mol. The van der Waals surface area contributed by atoms with E-state index in [0.29, 0.717) is 19.6 Å². The molecule has 0 radical (unpaired) electrons. The smallest absolute Gasteiger partial charge is 0.326 e. The van der Waals surface area contributed by atoms with Crippen LogP contribution in [0.3, 0.4) is 0 Å². The number of likely N-dealkylation sites (N-methyl/N-ethyl adjacent to an activating group) is 1. The third-order valence-electron chi connectivity index (χ3n) is 7.41. The van der Waals surface area contributed by atoms with Crippen molar-refractivity contribution < 1.29 is 24.3 Å². The summed E-state index contributed by atoms with van der Waals surface area (Å²) in [6, 6.07) is 5.42. The van der Waals surface area contributed by atoms with Crippen LogP contribution in [0.15, 0.2) is 35.4 Å². The Hall–Kier alpha value is -3.38. The standard InChI is InChI=1S/C27H41N7O5.ClH/c1-33(20-12-9-13-29-17-20)24(35)21(18-30-28)23(25(36)34-14-7-2-3-8-15-34)32-27(39)31-22(26(37)38)16-19-10-5-4-6-11-19;/h4-6,10-11,18,20-23,29H,2-3,7-9,12-17,28H2,1H3,(H,37,38)(H2,31,32,39);1H/t20-,21+,22-,23?;/m0./s1. The third kappa shape index (κ3) is 9.37. The van der Waals surface area contributed by atoms with Gasteiger partial charge in [-0.2, -0.15) is 5.10 Å². The first-order valence-electron chi connectivity index (χ1n) is 13.6. The molecule has 4 atom stereocenters. The van der Waals surface area contributed by atoms with Gasteiger partial charge in [0.1, 0.15) is 18.0 Å². The highest BCUT2D eigenvalue weighted by atomic mass is 35.5. The number of hydrogen-bond donors (Lipinski definition) is 5. The molecule has 2 fully saturated rings. The molecule has 1 unspecified atom stereocenters. The predicted octanol–water partition coefficient (Wildman–Crippen LogP) is 0.946. The number of rotatable bonds is 10. The zero-order valence-electron chi connectivity index (χ0n) is 23.0. The van der Waals surface area contributed by atoms with Crippen LogP contribution in [0.4, 0.5) is 4.79 Å². The lowest BCUT2D eigenvalue weighted by molar-refractivity contribution is -0.141. The van der Waals surface area contributed by atoms with E-state index in [1.807, 2.05) is 6.07 Å². The van der Waals surface area contributed by atoms with Gasteiger partial charge in [0.05, 0.1) is 0 Å². The minimum absolute atomic E-state index is 0. The van der Waals surface area contributed by atoms with Gasteiger partial charge < -0.3 is 36.7 Å². The Morgan fingerprint density at radius 3 is 2.38 bits per heavy atom. The number of piperidine rings is 1. The molecule has 222 valence electrons. The van der Waals surface area contributed by atoms with Crippen LogP contribution >= 0.6 is 12.4 Å². The second-order valence-corrected chi connectivity index (χ2v) is 10.2. The second kappa shape index (κ2) is 16.7. The molecule has 2 aliphatic heterocycles. The number of benzene rings is 1. The summed E-state index contributed by atoms with van der Waals surface area (Å²) in [7, 11) is 1.67. The number of carboxylic acid groups (broad SMARTS) is 1. The minimum Gasteiger partial charge on any atom is -0.480 e. The monoisotopic (exact) mass is 579 g/mol. The lowest BCUT2D eigenvalue weighted by atomic mass is 9.95. The Morgan fingerprint density at radius 2 is 1.80 bits per heavy atom. The average molecular weight is 580 g/mol. The van der Waals surface area contributed by atoms with E-state index in [9.17, 15) is 24.3 Å². The molecule has 0 spiro atoms. The first kappa shape index (κ1) is 32.8. The van der Waals surface area contributed by atoms with Gasteiger partial charge in [-0.05, 0) is 37.8 Å². The van der Waals surface area contributed by atoms with E-state index in [1.165, 1.54) is 6.21 Å². The summed E-state index contributed by atoms with van der Waals surface area (Å²) in [4.78, 5) is 55.8. The number of likely N-dealkylation sites (tertiary alicyclic amines) is 1. The number of aliphatic carboxylic acids is 1. The summed E-state index contributed by atoms with van der Waals surface area (Å²) in [6.07, 6.45) is 6.58. The number of nitrogens with one attached hydrogen (secondary N) is 3. The fourth-order valence-corrected chi connectivity index (χ4v) is 5.15. The van der Waals surface area contributed by atoms with Gasteiger partial charge in [-0.25, -0.2) is 9.59 Å². The van der Waals surface area contributed by atoms with Crippen molar-refractivity contribution >= 4 is 42.4 Å². The Balaban J connectivity index is 0.00000560. The molecule has 3 rings (SSSR count). The number of carboxylic acids is 1. The third-order valence-corrected chi connectivity index (χ3v) is 7.41. The van der Waals surface area contributed by atoms with Crippen LogP contribution in [-0.2, 0) is 20.8 Å². The van der Waals surface area contributed by atoms with Crippen molar-refractivity contribution in [2.24, 2.45) is 16.9 Å². The zero-order valence-corrected chi connectivity index (χ0v) is 23.8. The molecular formula is C27H42ClN7O5. The predicted molar refractivity (Wildman–Crippen MR) is 154 cm³/mol. The number of carbonyl (C=O) groups excluding carboxylic acids is 3. The van der Waals surface area contributed by atoms with Crippen LogP contribution in [-0.4, -0.2) is 96.3 Å². The molecule has 12 nitrogen and oxygen atoms in total. The number of hydrogen-bond acceptors (Lipinski definition) is 7. The maximum atomic E-state index is 13.8. The maximum absolute atomic E-state index is 13.8. The van der Waals surface area contributed by atoms with Gasteiger partial charge in [-0.1, -0.05) is 43.2 Å². The highest BCUT2D eigenvalue weighted by molar-refractivity contribution is 6.02. The van der Waals surface area contributed by atoms with Crippen molar-refractivity contribution in [3.63, 3.8) is 0 Å². The molecule has 0 aliphatic carbocycles. The summed E-state index contributed by atoms with van der Waals surface area (Å²) >= 11 is 0. The summed E-state index contributed by atoms with van der Waals surface area (Å²) in [5.74, 6) is 2.28. The van der Waals surface area contributed by atoms with E-state index in [-0.39, 0.29) is 24.9 Å². The van der Waals surface area contributed by atoms with Crippen molar-refractivity contribution in [3.8, 4) is 0 Å². The molecule has 4 amide bonds. The van der Waals surface area contributed by atoms with Gasteiger partial charge in [-0.3, -0.25) is 9.59 Å². The van der Waals surface area contributed by atoms with Crippen LogP contribution < -0.4 is 21.8 Å². The molecule has 2 aliphatic rings. The van der Waals surface area contributed by atoms with Gasteiger partial charge in [0.2, 0.25) is 11.8 Å². The van der Waals surface area contributed by atoms with Gasteiger partial charge in [0, 0.05) is 45.4 Å². The van der Waals surface area contributed by atoms with E-state index < -0.39 is 41.8 Å². The zero-order chi connectivity index (χ0) is 28.2. The van der Waals surface area contributed by atoms with E-state index >= 15 is 0 Å². The van der Waals surface area contributed by atoms with E-state index in [2.05, 4.69) is 21.1 Å². The molecule has 2 heterocycles. The van der Waals surface area contributed by atoms with Crippen molar-refractivity contribution in [1.29, 1.82) is 0 Å². The first-order chi connectivity index (χ1) is 18.8. The average Bonchev–Trinajstić information content (AvgIpc) is 3.24. The molecule has 0 aromatic heterocycles. The number of halogens is 1. The first-order valence-corrected chi connectivity index (χ1v) is 13.6. The molecule has 13 heteroatoms. The summed E-state index contributed by atoms with van der Waals surface area (Å²) < 4.78 is 0. The van der Waals surface area contributed by atoms with Crippen molar-refractivity contribution in [1.82, 2.24) is 25.8 Å². The molecule has 1 aromatic rings.